The molecule has 0 N–H and O–H groups in total. The highest BCUT2D eigenvalue weighted by Gasteiger charge is 2.42. The Balaban J connectivity index is 1.84. The number of amides is 1. The number of benzene rings is 1. The molecular weight excluding hydrogens is 364 g/mol. The van der Waals surface area contributed by atoms with Crippen LogP contribution in [0.1, 0.15) is 10.4 Å². The predicted molar refractivity (Wildman–Crippen MR) is 93.7 cm³/mol. The fourth-order valence-electron chi connectivity index (χ4n) is 2.60. The van der Waals surface area contributed by atoms with Gasteiger partial charge in [0.25, 0.3) is 5.91 Å². The number of hydrogen-bond acceptors (Lipinski definition) is 6. The van der Waals surface area contributed by atoms with Crippen molar-refractivity contribution < 1.29 is 22.7 Å². The summed E-state index contributed by atoms with van der Waals surface area (Å²) < 4.78 is 38.0. The summed E-state index contributed by atoms with van der Waals surface area (Å²) in [5.41, 5.74) is 0.596. The van der Waals surface area contributed by atoms with Gasteiger partial charge >= 0.3 is 10.2 Å². The highest BCUT2D eigenvalue weighted by atomic mass is 32.2. The van der Waals surface area contributed by atoms with Crippen molar-refractivity contribution >= 4 is 27.5 Å². The maximum atomic E-state index is 12.7. The molecule has 0 unspecified atom stereocenters. The van der Waals surface area contributed by atoms with Crippen molar-refractivity contribution in [2.45, 2.75) is 13.1 Å². The highest BCUT2D eigenvalue weighted by molar-refractivity contribution is 7.87. The quantitative estimate of drug-likeness (QED) is 0.762. The molecule has 0 saturated carbocycles. The Labute approximate surface area is 150 Å². The van der Waals surface area contributed by atoms with Gasteiger partial charge in [-0.1, -0.05) is 6.07 Å². The first-order valence-corrected chi connectivity index (χ1v) is 9.77. The van der Waals surface area contributed by atoms with Gasteiger partial charge < -0.3 is 9.47 Å². The van der Waals surface area contributed by atoms with E-state index in [0.717, 1.165) is 9.18 Å². The third kappa shape index (κ3) is 3.48. The molecule has 1 saturated heterocycles. The third-order valence-corrected chi connectivity index (χ3v) is 6.58. The summed E-state index contributed by atoms with van der Waals surface area (Å²) in [6.07, 6.45) is 0. The number of carbonyl (C=O) groups is 1. The van der Waals surface area contributed by atoms with Crippen LogP contribution < -0.4 is 9.47 Å². The second-order valence-corrected chi connectivity index (χ2v) is 8.32. The standard InChI is InChI=1S/C16H18N2O5S2/c1-22-13-6-5-12(15(8-13)23-2)9-18-16(19)11-17(25(18,20)21)10-14-4-3-7-24-14/h3-8H,9-11H2,1-2H3. The second-order valence-electron chi connectivity index (χ2n) is 5.43. The van der Waals surface area contributed by atoms with Crippen LogP contribution in [0.15, 0.2) is 35.7 Å². The van der Waals surface area contributed by atoms with Crippen LogP contribution in [0, 0.1) is 0 Å². The first kappa shape index (κ1) is 17.7. The lowest BCUT2D eigenvalue weighted by Gasteiger charge is -2.19. The fraction of sp³-hybridized carbons (Fsp3) is 0.312. The minimum atomic E-state index is -3.86. The van der Waals surface area contributed by atoms with E-state index in [2.05, 4.69) is 0 Å². The maximum absolute atomic E-state index is 12.7. The van der Waals surface area contributed by atoms with Gasteiger partial charge in [0.1, 0.15) is 11.5 Å². The number of hydrogen-bond donors (Lipinski definition) is 0. The summed E-state index contributed by atoms with van der Waals surface area (Å²) in [4.78, 5) is 13.2. The van der Waals surface area contributed by atoms with Crippen LogP contribution in [0.2, 0.25) is 0 Å². The van der Waals surface area contributed by atoms with Gasteiger partial charge in [-0.3, -0.25) is 4.79 Å². The summed E-state index contributed by atoms with van der Waals surface area (Å²) in [6, 6.07) is 8.76. The van der Waals surface area contributed by atoms with Crippen LogP contribution in [0.25, 0.3) is 0 Å². The summed E-state index contributed by atoms with van der Waals surface area (Å²) in [5.74, 6) is 0.615. The molecule has 25 heavy (non-hydrogen) atoms. The summed E-state index contributed by atoms with van der Waals surface area (Å²) in [5, 5.41) is 1.87. The largest absolute Gasteiger partial charge is 0.497 e. The van der Waals surface area contributed by atoms with Crippen molar-refractivity contribution in [3.05, 3.63) is 46.2 Å². The molecule has 0 radical (unpaired) electrons. The zero-order valence-electron chi connectivity index (χ0n) is 13.8. The van der Waals surface area contributed by atoms with E-state index in [-0.39, 0.29) is 19.6 Å². The molecule has 2 heterocycles. The molecule has 0 aliphatic carbocycles. The van der Waals surface area contributed by atoms with Crippen LogP contribution >= 0.6 is 11.3 Å². The fourth-order valence-corrected chi connectivity index (χ4v) is 4.87. The van der Waals surface area contributed by atoms with Crippen LogP contribution in [0.4, 0.5) is 0 Å². The Kier molecular flexibility index (Phi) is 4.98. The van der Waals surface area contributed by atoms with Gasteiger partial charge in [-0.2, -0.15) is 12.7 Å². The average Bonchev–Trinajstić information content (AvgIpc) is 3.18. The number of nitrogens with zero attached hydrogens (tertiary/aromatic N) is 2. The summed E-state index contributed by atoms with van der Waals surface area (Å²) in [7, 11) is -0.834. The molecule has 0 bridgehead atoms. The van der Waals surface area contributed by atoms with Crippen molar-refractivity contribution in [3.63, 3.8) is 0 Å². The number of thiophene rings is 1. The molecule has 1 aromatic heterocycles. The first-order chi connectivity index (χ1) is 12.0. The van der Waals surface area contributed by atoms with Gasteiger partial charge in [0.15, 0.2) is 0 Å². The van der Waals surface area contributed by atoms with Crippen LogP contribution in [-0.4, -0.2) is 43.7 Å². The summed E-state index contributed by atoms with van der Waals surface area (Å²) >= 11 is 1.46. The molecule has 1 fully saturated rings. The number of methoxy groups -OCH3 is 2. The maximum Gasteiger partial charge on any atom is 0.307 e. The smallest absolute Gasteiger partial charge is 0.307 e. The molecule has 7 nitrogen and oxygen atoms in total. The molecular formula is C16H18N2O5S2. The van der Waals surface area contributed by atoms with Gasteiger partial charge in [-0.15, -0.1) is 11.3 Å². The van der Waals surface area contributed by atoms with Crippen molar-refractivity contribution in [2.24, 2.45) is 0 Å². The van der Waals surface area contributed by atoms with Crippen LogP contribution in [0.5, 0.6) is 11.5 Å². The first-order valence-electron chi connectivity index (χ1n) is 7.49. The molecule has 1 aromatic carbocycles. The lowest BCUT2D eigenvalue weighted by molar-refractivity contribution is -0.125. The molecule has 3 rings (SSSR count). The monoisotopic (exact) mass is 382 g/mol. The topological polar surface area (TPSA) is 76.2 Å². The van der Waals surface area contributed by atoms with Crippen molar-refractivity contribution in [2.75, 3.05) is 20.8 Å². The van der Waals surface area contributed by atoms with E-state index >= 15 is 0 Å². The number of ether oxygens (including phenoxy) is 2. The number of carbonyl (C=O) groups excluding carboxylic acids is 1. The van der Waals surface area contributed by atoms with Crippen molar-refractivity contribution in [1.82, 2.24) is 8.61 Å². The second kappa shape index (κ2) is 7.03. The number of rotatable bonds is 6. The Morgan fingerprint density at radius 1 is 1.16 bits per heavy atom. The van der Waals surface area contributed by atoms with E-state index in [0.29, 0.717) is 17.1 Å². The average molecular weight is 382 g/mol. The molecule has 1 aliphatic rings. The molecule has 134 valence electrons. The van der Waals surface area contributed by atoms with Crippen molar-refractivity contribution in [1.29, 1.82) is 0 Å². The van der Waals surface area contributed by atoms with Gasteiger partial charge in [0.05, 0.1) is 33.9 Å². The third-order valence-electron chi connectivity index (χ3n) is 3.92. The molecule has 1 aliphatic heterocycles. The Hall–Kier alpha value is -2.10. The van der Waals surface area contributed by atoms with E-state index in [1.54, 1.807) is 18.2 Å². The molecule has 9 heteroatoms. The molecule has 2 aromatic rings. The molecule has 1 amide bonds. The van der Waals surface area contributed by atoms with Gasteiger partial charge in [-0.05, 0) is 23.6 Å². The predicted octanol–water partition coefficient (Wildman–Crippen LogP) is 1.85. The minimum absolute atomic E-state index is 0.0741. The lowest BCUT2D eigenvalue weighted by atomic mass is 10.2. The normalized spacial score (nSPS) is 17.0. The zero-order valence-corrected chi connectivity index (χ0v) is 15.5. The van der Waals surface area contributed by atoms with Gasteiger partial charge in [-0.25, -0.2) is 4.31 Å². The zero-order chi connectivity index (χ0) is 18.0. The highest BCUT2D eigenvalue weighted by Crippen LogP contribution is 2.29. The van der Waals surface area contributed by atoms with E-state index < -0.39 is 16.1 Å². The Morgan fingerprint density at radius 3 is 2.60 bits per heavy atom. The molecule has 0 atom stereocenters. The van der Waals surface area contributed by atoms with Gasteiger partial charge in [0.2, 0.25) is 0 Å². The van der Waals surface area contributed by atoms with E-state index in [1.165, 1.54) is 29.9 Å². The Bertz CT molecular complexity index is 865. The lowest BCUT2D eigenvalue weighted by Crippen LogP contribution is -2.33. The Morgan fingerprint density at radius 2 is 1.96 bits per heavy atom. The van der Waals surface area contributed by atoms with Crippen LogP contribution in [0.3, 0.4) is 0 Å². The van der Waals surface area contributed by atoms with E-state index in [1.807, 2.05) is 17.5 Å². The van der Waals surface area contributed by atoms with E-state index in [4.69, 9.17) is 9.47 Å². The molecule has 0 spiro atoms. The SMILES string of the molecule is COc1ccc(CN2C(=O)CN(Cc3cccs3)S2(=O)=O)c(OC)c1. The van der Waals surface area contributed by atoms with Crippen molar-refractivity contribution in [3.8, 4) is 11.5 Å². The minimum Gasteiger partial charge on any atom is -0.497 e. The van der Waals surface area contributed by atoms with Gasteiger partial charge in [0, 0.05) is 16.5 Å². The summed E-state index contributed by atoms with van der Waals surface area (Å²) in [6.45, 7) is -0.0318. The van der Waals surface area contributed by atoms with Crippen LogP contribution in [-0.2, 0) is 28.1 Å². The van der Waals surface area contributed by atoms with E-state index in [9.17, 15) is 13.2 Å².